The summed E-state index contributed by atoms with van der Waals surface area (Å²) in [6, 6.07) is 11.9. The fourth-order valence-electron chi connectivity index (χ4n) is 2.99. The molecule has 1 aliphatic carbocycles. The molecular formula is C17H28N2. The molecule has 0 radical (unpaired) electrons. The van der Waals surface area contributed by atoms with E-state index in [1.807, 2.05) is 0 Å². The van der Waals surface area contributed by atoms with Crippen LogP contribution in [0.2, 0.25) is 0 Å². The van der Waals surface area contributed by atoms with Crippen LogP contribution in [-0.2, 0) is 0 Å². The summed E-state index contributed by atoms with van der Waals surface area (Å²) in [5, 5.41) is 3.54. The van der Waals surface area contributed by atoms with Gasteiger partial charge in [0.15, 0.2) is 0 Å². The van der Waals surface area contributed by atoms with Crippen LogP contribution in [0, 0.1) is 0 Å². The largest absolute Gasteiger partial charge is 0.383 e. The van der Waals surface area contributed by atoms with E-state index in [1.54, 1.807) is 0 Å². The van der Waals surface area contributed by atoms with Gasteiger partial charge in [0.2, 0.25) is 0 Å². The molecule has 19 heavy (non-hydrogen) atoms. The molecule has 0 aliphatic heterocycles. The molecule has 2 heteroatoms. The maximum atomic E-state index is 3.54. The van der Waals surface area contributed by atoms with Crippen molar-refractivity contribution in [3.63, 3.8) is 0 Å². The number of para-hydroxylation sites is 1. The Morgan fingerprint density at radius 1 is 1.11 bits per heavy atom. The summed E-state index contributed by atoms with van der Waals surface area (Å²) < 4.78 is 0. The van der Waals surface area contributed by atoms with E-state index in [1.165, 1.54) is 44.2 Å². The van der Waals surface area contributed by atoms with E-state index in [2.05, 4.69) is 54.5 Å². The van der Waals surface area contributed by atoms with E-state index in [9.17, 15) is 0 Å². The first kappa shape index (κ1) is 14.4. The molecule has 0 bridgehead atoms. The Balaban J connectivity index is 1.79. The van der Waals surface area contributed by atoms with Crippen LogP contribution in [0.25, 0.3) is 0 Å². The van der Waals surface area contributed by atoms with Gasteiger partial charge in [-0.05, 0) is 38.9 Å². The summed E-state index contributed by atoms with van der Waals surface area (Å²) in [5.74, 6) is 0. The lowest BCUT2D eigenvalue weighted by Crippen LogP contribution is -2.42. The minimum absolute atomic E-state index is 0.586. The fraction of sp³-hybridized carbons (Fsp3) is 0.647. The van der Waals surface area contributed by atoms with Crippen molar-refractivity contribution in [2.24, 2.45) is 0 Å². The molecule has 1 aliphatic rings. The molecular weight excluding hydrogens is 232 g/mol. The quantitative estimate of drug-likeness (QED) is 0.800. The Morgan fingerprint density at radius 2 is 1.74 bits per heavy atom. The van der Waals surface area contributed by atoms with Gasteiger partial charge in [-0.2, -0.15) is 0 Å². The molecule has 0 spiro atoms. The average molecular weight is 260 g/mol. The Labute approximate surface area is 118 Å². The van der Waals surface area contributed by atoms with E-state index >= 15 is 0 Å². The highest BCUT2D eigenvalue weighted by Gasteiger charge is 2.20. The molecule has 0 heterocycles. The zero-order chi connectivity index (χ0) is 13.5. The van der Waals surface area contributed by atoms with Crippen molar-refractivity contribution in [1.82, 2.24) is 4.90 Å². The molecule has 1 atom stereocenters. The predicted octanol–water partition coefficient (Wildman–Crippen LogP) is 4.14. The molecule has 1 saturated carbocycles. The normalized spacial score (nSPS) is 19.1. The van der Waals surface area contributed by atoms with Gasteiger partial charge in [-0.3, -0.25) is 4.90 Å². The van der Waals surface area contributed by atoms with Crippen LogP contribution in [0.3, 0.4) is 0 Å². The minimum atomic E-state index is 0.586. The number of hydrogen-bond donors (Lipinski definition) is 1. The molecule has 0 amide bonds. The van der Waals surface area contributed by atoms with E-state index in [0.717, 1.165) is 12.6 Å². The summed E-state index contributed by atoms with van der Waals surface area (Å²) in [6.07, 6.45) is 8.45. The van der Waals surface area contributed by atoms with E-state index in [0.29, 0.717) is 6.04 Å². The topological polar surface area (TPSA) is 15.3 Å². The molecule has 1 unspecified atom stereocenters. The van der Waals surface area contributed by atoms with Crippen molar-refractivity contribution in [1.29, 1.82) is 0 Å². The van der Waals surface area contributed by atoms with Gasteiger partial charge in [-0.25, -0.2) is 0 Å². The van der Waals surface area contributed by atoms with Gasteiger partial charge in [-0.15, -0.1) is 0 Å². The molecule has 1 aromatic rings. The van der Waals surface area contributed by atoms with Crippen molar-refractivity contribution >= 4 is 5.69 Å². The summed E-state index contributed by atoms with van der Waals surface area (Å²) in [4.78, 5) is 2.58. The van der Waals surface area contributed by atoms with Crippen LogP contribution in [0.4, 0.5) is 5.69 Å². The van der Waals surface area contributed by atoms with E-state index in [-0.39, 0.29) is 0 Å². The predicted molar refractivity (Wildman–Crippen MR) is 83.6 cm³/mol. The Kier molecular flexibility index (Phi) is 5.71. The van der Waals surface area contributed by atoms with Gasteiger partial charge in [0.1, 0.15) is 0 Å². The number of benzene rings is 1. The van der Waals surface area contributed by atoms with Gasteiger partial charge in [-0.1, -0.05) is 43.9 Å². The lowest BCUT2D eigenvalue weighted by molar-refractivity contribution is 0.174. The first-order valence-electron chi connectivity index (χ1n) is 7.78. The Morgan fingerprint density at radius 3 is 2.37 bits per heavy atom. The van der Waals surface area contributed by atoms with Gasteiger partial charge in [0.05, 0.1) is 0 Å². The van der Waals surface area contributed by atoms with Crippen LogP contribution >= 0.6 is 0 Å². The highest BCUT2D eigenvalue weighted by Crippen LogP contribution is 2.22. The third-order valence-corrected chi connectivity index (χ3v) is 4.47. The summed E-state index contributed by atoms with van der Waals surface area (Å²) in [6.45, 7) is 3.36. The van der Waals surface area contributed by atoms with Crippen molar-refractivity contribution < 1.29 is 0 Å². The maximum absolute atomic E-state index is 3.54. The van der Waals surface area contributed by atoms with Gasteiger partial charge in [0.25, 0.3) is 0 Å². The van der Waals surface area contributed by atoms with E-state index in [4.69, 9.17) is 0 Å². The monoisotopic (exact) mass is 260 g/mol. The molecule has 0 saturated heterocycles. The third kappa shape index (κ3) is 4.54. The maximum Gasteiger partial charge on any atom is 0.0340 e. The first-order chi connectivity index (χ1) is 9.27. The molecule has 1 N–H and O–H groups in total. The highest BCUT2D eigenvalue weighted by atomic mass is 15.2. The molecule has 106 valence electrons. The lowest BCUT2D eigenvalue weighted by atomic mass is 10.1. The van der Waals surface area contributed by atoms with Crippen LogP contribution in [-0.4, -0.2) is 30.6 Å². The van der Waals surface area contributed by atoms with Crippen LogP contribution in [0.5, 0.6) is 0 Å². The molecule has 0 aromatic heterocycles. The van der Waals surface area contributed by atoms with Crippen molar-refractivity contribution in [2.45, 2.75) is 57.5 Å². The zero-order valence-electron chi connectivity index (χ0n) is 12.4. The second-order valence-corrected chi connectivity index (χ2v) is 5.91. The van der Waals surface area contributed by atoms with Crippen molar-refractivity contribution in [3.8, 4) is 0 Å². The standard InChI is InChI=1S/C17H28N2/c1-15(14-18-16-10-6-5-7-11-16)19(2)17-12-8-3-4-9-13-17/h5-7,10-11,15,17-18H,3-4,8-9,12-14H2,1-2H3. The third-order valence-electron chi connectivity index (χ3n) is 4.47. The molecule has 2 rings (SSSR count). The van der Waals surface area contributed by atoms with Crippen LogP contribution in [0.1, 0.15) is 45.4 Å². The lowest BCUT2D eigenvalue weighted by Gasteiger charge is -2.33. The van der Waals surface area contributed by atoms with Gasteiger partial charge < -0.3 is 5.32 Å². The second-order valence-electron chi connectivity index (χ2n) is 5.91. The van der Waals surface area contributed by atoms with Gasteiger partial charge in [0, 0.05) is 24.3 Å². The number of nitrogens with one attached hydrogen (secondary N) is 1. The summed E-state index contributed by atoms with van der Waals surface area (Å²) in [5.41, 5.74) is 1.23. The zero-order valence-corrected chi connectivity index (χ0v) is 12.4. The minimum Gasteiger partial charge on any atom is -0.383 e. The van der Waals surface area contributed by atoms with Crippen LogP contribution in [0.15, 0.2) is 30.3 Å². The summed E-state index contributed by atoms with van der Waals surface area (Å²) >= 11 is 0. The molecule has 1 fully saturated rings. The van der Waals surface area contributed by atoms with Crippen molar-refractivity contribution in [2.75, 3.05) is 18.9 Å². The van der Waals surface area contributed by atoms with Gasteiger partial charge >= 0.3 is 0 Å². The SMILES string of the molecule is CC(CNc1ccccc1)N(C)C1CCCCCC1. The first-order valence-corrected chi connectivity index (χ1v) is 7.78. The van der Waals surface area contributed by atoms with Crippen LogP contribution < -0.4 is 5.32 Å². The fourth-order valence-corrected chi connectivity index (χ4v) is 2.99. The smallest absolute Gasteiger partial charge is 0.0340 e. The Hall–Kier alpha value is -1.02. The summed E-state index contributed by atoms with van der Waals surface area (Å²) in [7, 11) is 2.30. The molecule has 1 aromatic carbocycles. The number of anilines is 1. The van der Waals surface area contributed by atoms with Crippen molar-refractivity contribution in [3.05, 3.63) is 30.3 Å². The number of likely N-dealkylation sites (N-methyl/N-ethyl adjacent to an activating group) is 1. The van der Waals surface area contributed by atoms with E-state index < -0.39 is 0 Å². The number of rotatable bonds is 5. The second kappa shape index (κ2) is 7.54. The number of hydrogen-bond acceptors (Lipinski definition) is 2. The molecule has 2 nitrogen and oxygen atoms in total. The average Bonchev–Trinajstić information content (AvgIpc) is 2.74. The highest BCUT2D eigenvalue weighted by molar-refractivity contribution is 5.42. The number of nitrogens with zero attached hydrogens (tertiary/aromatic N) is 1. The Bertz CT molecular complexity index is 342.